The number of methoxy groups -OCH3 is 1. The number of aliphatic carboxylic acids is 1. The van der Waals surface area contributed by atoms with Crippen molar-refractivity contribution in [2.45, 2.75) is 51.4 Å². The van der Waals surface area contributed by atoms with Gasteiger partial charge < -0.3 is 24.8 Å². The Kier molecular flexibility index (Phi) is 7.25. The van der Waals surface area contributed by atoms with Crippen LogP contribution >= 0.6 is 0 Å². The van der Waals surface area contributed by atoms with Crippen molar-refractivity contribution < 1.29 is 24.2 Å². The molecule has 1 saturated carbocycles. The molecule has 2 fully saturated rings. The predicted octanol–water partition coefficient (Wildman–Crippen LogP) is 1.01. The van der Waals surface area contributed by atoms with Crippen molar-refractivity contribution in [2.75, 3.05) is 46.9 Å². The van der Waals surface area contributed by atoms with Gasteiger partial charge in [-0.15, -0.1) is 0 Å². The summed E-state index contributed by atoms with van der Waals surface area (Å²) < 4.78 is 11.3. The monoisotopic (exact) mass is 371 g/mol. The summed E-state index contributed by atoms with van der Waals surface area (Å²) in [6.07, 6.45) is 2.81. The lowest BCUT2D eigenvalue weighted by Gasteiger charge is -2.55. The maximum absolute atomic E-state index is 12.7. The summed E-state index contributed by atoms with van der Waals surface area (Å²) in [6, 6.07) is 0.0657. The van der Waals surface area contributed by atoms with Crippen LogP contribution in [-0.2, 0) is 14.3 Å². The van der Waals surface area contributed by atoms with Gasteiger partial charge in [0.2, 0.25) is 0 Å². The third kappa shape index (κ3) is 4.47. The highest BCUT2D eigenvalue weighted by Crippen LogP contribution is 2.48. The summed E-state index contributed by atoms with van der Waals surface area (Å²) in [6.45, 7) is 6.24. The lowest BCUT2D eigenvalue weighted by molar-refractivity contribution is -0.138. The third-order valence-electron chi connectivity index (χ3n) is 6.03. The van der Waals surface area contributed by atoms with E-state index in [4.69, 9.17) is 14.6 Å². The quantitative estimate of drug-likeness (QED) is 0.662. The first-order chi connectivity index (χ1) is 12.4. The van der Waals surface area contributed by atoms with Crippen LogP contribution in [0.1, 0.15) is 33.1 Å². The Labute approximate surface area is 155 Å². The maximum Gasteiger partial charge on any atom is 0.317 e. The van der Waals surface area contributed by atoms with E-state index in [1.165, 1.54) is 0 Å². The highest BCUT2D eigenvalue weighted by molar-refractivity contribution is 5.75. The molecule has 2 amide bonds. The maximum atomic E-state index is 12.7. The number of hydrogen-bond acceptors (Lipinski definition) is 5. The average molecular weight is 371 g/mol. The van der Waals surface area contributed by atoms with Crippen LogP contribution in [0, 0.1) is 5.41 Å². The molecule has 3 atom stereocenters. The van der Waals surface area contributed by atoms with Crippen molar-refractivity contribution in [2.24, 2.45) is 5.41 Å². The summed E-state index contributed by atoms with van der Waals surface area (Å²) >= 11 is 0. The number of rotatable bonds is 8. The number of morpholine rings is 1. The second-order valence-corrected chi connectivity index (χ2v) is 7.43. The van der Waals surface area contributed by atoms with E-state index in [1.807, 2.05) is 0 Å². The highest BCUT2D eigenvalue weighted by Gasteiger charge is 2.53. The van der Waals surface area contributed by atoms with Crippen LogP contribution < -0.4 is 5.32 Å². The Morgan fingerprint density at radius 3 is 2.65 bits per heavy atom. The second-order valence-electron chi connectivity index (χ2n) is 7.43. The van der Waals surface area contributed by atoms with Crippen LogP contribution in [0.5, 0.6) is 0 Å². The van der Waals surface area contributed by atoms with Gasteiger partial charge >= 0.3 is 12.0 Å². The zero-order valence-electron chi connectivity index (χ0n) is 16.4. The molecule has 2 rings (SSSR count). The molecule has 0 bridgehead atoms. The molecule has 1 heterocycles. The molecule has 150 valence electrons. The summed E-state index contributed by atoms with van der Waals surface area (Å²) in [5, 5.41) is 12.0. The van der Waals surface area contributed by atoms with E-state index < -0.39 is 5.97 Å². The first-order valence-electron chi connectivity index (χ1n) is 9.46. The minimum absolute atomic E-state index is 0.0117. The van der Waals surface area contributed by atoms with E-state index in [0.29, 0.717) is 26.2 Å². The van der Waals surface area contributed by atoms with Crippen molar-refractivity contribution in [1.29, 1.82) is 0 Å². The predicted molar refractivity (Wildman–Crippen MR) is 97.2 cm³/mol. The molecule has 2 N–H and O–H groups in total. The summed E-state index contributed by atoms with van der Waals surface area (Å²) in [5.41, 5.74) is 0.0117. The molecule has 1 aliphatic carbocycles. The van der Waals surface area contributed by atoms with Crippen molar-refractivity contribution in [3.8, 4) is 0 Å². The van der Waals surface area contributed by atoms with Crippen molar-refractivity contribution in [1.82, 2.24) is 15.1 Å². The normalized spacial score (nSPS) is 27.9. The molecule has 26 heavy (non-hydrogen) atoms. The Bertz CT molecular complexity index is 497. The van der Waals surface area contributed by atoms with Crippen LogP contribution in [0.4, 0.5) is 4.79 Å². The lowest BCUT2D eigenvalue weighted by atomic mass is 9.58. The van der Waals surface area contributed by atoms with Gasteiger partial charge in [-0.05, 0) is 26.3 Å². The van der Waals surface area contributed by atoms with Crippen LogP contribution in [0.25, 0.3) is 0 Å². The number of nitrogens with one attached hydrogen (secondary N) is 1. The van der Waals surface area contributed by atoms with Gasteiger partial charge in [-0.1, -0.05) is 13.8 Å². The average Bonchev–Trinajstić information content (AvgIpc) is 2.58. The van der Waals surface area contributed by atoms with E-state index >= 15 is 0 Å². The lowest BCUT2D eigenvalue weighted by Crippen LogP contribution is -2.66. The molecule has 3 unspecified atom stereocenters. The van der Waals surface area contributed by atoms with Gasteiger partial charge in [0.25, 0.3) is 0 Å². The van der Waals surface area contributed by atoms with Crippen molar-refractivity contribution in [3.63, 3.8) is 0 Å². The largest absolute Gasteiger partial charge is 0.480 e. The summed E-state index contributed by atoms with van der Waals surface area (Å²) in [7, 11) is 3.48. The number of nitrogens with zero attached hydrogens (tertiary/aromatic N) is 2. The topological polar surface area (TPSA) is 91.3 Å². The molecule has 0 aromatic heterocycles. The second kappa shape index (κ2) is 9.01. The van der Waals surface area contributed by atoms with E-state index in [-0.39, 0.29) is 36.2 Å². The van der Waals surface area contributed by atoms with E-state index in [2.05, 4.69) is 19.2 Å². The van der Waals surface area contributed by atoms with Gasteiger partial charge in [-0.25, -0.2) is 4.79 Å². The third-order valence-corrected chi connectivity index (χ3v) is 6.03. The fourth-order valence-corrected chi connectivity index (χ4v) is 4.38. The van der Waals surface area contributed by atoms with Gasteiger partial charge in [0.05, 0.1) is 25.4 Å². The molecule has 1 saturated heterocycles. The highest BCUT2D eigenvalue weighted by atomic mass is 16.5. The molecule has 0 aromatic rings. The molecule has 8 heteroatoms. The molecule has 2 aliphatic rings. The Hall–Kier alpha value is -1.38. The van der Waals surface area contributed by atoms with E-state index in [0.717, 1.165) is 19.3 Å². The zero-order valence-corrected chi connectivity index (χ0v) is 16.4. The van der Waals surface area contributed by atoms with Gasteiger partial charge in [-0.2, -0.15) is 0 Å². The molecule has 0 spiro atoms. The van der Waals surface area contributed by atoms with Gasteiger partial charge in [0, 0.05) is 38.2 Å². The van der Waals surface area contributed by atoms with Crippen LogP contribution in [-0.4, -0.2) is 92.1 Å². The van der Waals surface area contributed by atoms with Crippen LogP contribution in [0.2, 0.25) is 0 Å². The Morgan fingerprint density at radius 1 is 1.38 bits per heavy atom. The molecule has 0 aromatic carbocycles. The number of ether oxygens (including phenoxy) is 2. The minimum Gasteiger partial charge on any atom is -0.480 e. The van der Waals surface area contributed by atoms with Gasteiger partial charge in [-0.3, -0.25) is 9.69 Å². The number of carbonyl (C=O) groups is 2. The number of hydrogen-bond donors (Lipinski definition) is 2. The zero-order chi connectivity index (χ0) is 19.3. The minimum atomic E-state index is -0.869. The van der Waals surface area contributed by atoms with Crippen molar-refractivity contribution >= 4 is 12.0 Å². The Morgan fingerprint density at radius 2 is 2.08 bits per heavy atom. The summed E-state index contributed by atoms with van der Waals surface area (Å²) in [4.78, 5) is 27.0. The standard InChI is InChI=1S/C18H33N3O5/c1-5-18(6-2)14(9-15(18)25-4)19-17(24)21-7-8-26-13(11-21)10-20(3)12-16(22)23/h13-15H,5-12H2,1-4H3,(H,19,24)(H,22,23). The van der Waals surface area contributed by atoms with E-state index in [1.54, 1.807) is 24.0 Å². The molecular formula is C18H33N3O5. The molecule has 8 nitrogen and oxygen atoms in total. The fraction of sp³-hybridized carbons (Fsp3) is 0.889. The smallest absolute Gasteiger partial charge is 0.317 e. The fourth-order valence-electron chi connectivity index (χ4n) is 4.38. The SMILES string of the molecule is CCC1(CC)C(NC(=O)N2CCOC(CN(C)CC(=O)O)C2)CC1OC. The first-order valence-corrected chi connectivity index (χ1v) is 9.46. The number of carboxylic acid groups (broad SMARTS) is 1. The molecule has 0 radical (unpaired) electrons. The summed E-state index contributed by atoms with van der Waals surface area (Å²) in [5.74, 6) is -0.869. The molecular weight excluding hydrogens is 338 g/mol. The van der Waals surface area contributed by atoms with Crippen molar-refractivity contribution in [3.05, 3.63) is 0 Å². The van der Waals surface area contributed by atoms with Gasteiger partial charge in [0.15, 0.2) is 0 Å². The van der Waals surface area contributed by atoms with Gasteiger partial charge in [0.1, 0.15) is 0 Å². The van der Waals surface area contributed by atoms with Crippen LogP contribution in [0.3, 0.4) is 0 Å². The van der Waals surface area contributed by atoms with E-state index in [9.17, 15) is 9.59 Å². The number of amides is 2. The number of carbonyl (C=O) groups excluding carboxylic acids is 1. The number of carboxylic acids is 1. The Balaban J connectivity index is 1.88. The number of urea groups is 1. The number of likely N-dealkylation sites (N-methyl/N-ethyl adjacent to an activating group) is 1. The molecule has 1 aliphatic heterocycles. The first kappa shape index (κ1) is 20.9. The van der Waals surface area contributed by atoms with Crippen LogP contribution in [0.15, 0.2) is 0 Å².